The van der Waals surface area contributed by atoms with E-state index in [-0.39, 0.29) is 0 Å². The van der Waals surface area contributed by atoms with Crippen LogP contribution in [-0.4, -0.2) is 25.8 Å². The molecule has 3 rings (SSSR count). The molecular formula is C22H25NO3. The predicted octanol–water partition coefficient (Wildman–Crippen LogP) is 4.71. The van der Waals surface area contributed by atoms with Crippen LogP contribution in [0.1, 0.15) is 24.5 Å². The van der Waals surface area contributed by atoms with Crippen LogP contribution in [0.5, 0.6) is 5.75 Å². The van der Waals surface area contributed by atoms with E-state index in [4.69, 9.17) is 14.2 Å². The number of hydrogen-bond acceptors (Lipinski definition) is 4. The maximum atomic E-state index is 5.99. The van der Waals surface area contributed by atoms with Crippen LogP contribution in [0.2, 0.25) is 0 Å². The van der Waals surface area contributed by atoms with Crippen LogP contribution in [0.15, 0.2) is 60.9 Å². The Balaban J connectivity index is 1.77. The van der Waals surface area contributed by atoms with Gasteiger partial charge in [0.25, 0.3) is 0 Å². The van der Waals surface area contributed by atoms with Gasteiger partial charge in [0.05, 0.1) is 12.8 Å². The summed E-state index contributed by atoms with van der Waals surface area (Å²) >= 11 is 0. The molecule has 0 radical (unpaired) electrons. The number of pyridine rings is 1. The maximum Gasteiger partial charge on any atom is 0.138 e. The molecule has 0 amide bonds. The highest BCUT2D eigenvalue weighted by atomic mass is 16.5. The molecule has 0 aliphatic carbocycles. The first-order chi connectivity index (χ1) is 12.7. The summed E-state index contributed by atoms with van der Waals surface area (Å²) in [5, 5.41) is 2.44. The summed E-state index contributed by atoms with van der Waals surface area (Å²) in [6.45, 7) is 3.04. The molecule has 0 saturated carbocycles. The second-order valence-electron chi connectivity index (χ2n) is 6.36. The molecule has 1 atom stereocenters. The number of aromatic nitrogens is 1. The third kappa shape index (κ3) is 3.87. The zero-order valence-electron chi connectivity index (χ0n) is 15.6. The van der Waals surface area contributed by atoms with Gasteiger partial charge >= 0.3 is 0 Å². The molecule has 0 aliphatic rings. The van der Waals surface area contributed by atoms with Gasteiger partial charge in [-0.25, -0.2) is 0 Å². The highest BCUT2D eigenvalue weighted by Gasteiger charge is 2.31. The topological polar surface area (TPSA) is 40.6 Å². The summed E-state index contributed by atoms with van der Waals surface area (Å²) in [5.74, 6) is 0.724. The lowest BCUT2D eigenvalue weighted by atomic mass is 9.93. The number of ether oxygens (including phenoxy) is 3. The predicted molar refractivity (Wildman–Crippen MR) is 103 cm³/mol. The summed E-state index contributed by atoms with van der Waals surface area (Å²) in [4.78, 5) is 4.33. The molecule has 136 valence electrons. The number of benzene rings is 2. The quantitative estimate of drug-likeness (QED) is 0.589. The van der Waals surface area contributed by atoms with Crippen LogP contribution < -0.4 is 4.74 Å². The van der Waals surface area contributed by atoms with Crippen molar-refractivity contribution in [1.82, 2.24) is 4.98 Å². The fourth-order valence-corrected chi connectivity index (χ4v) is 3.19. The third-order valence-electron chi connectivity index (χ3n) is 4.80. The lowest BCUT2D eigenvalue weighted by molar-refractivity contribution is -0.0722. The van der Waals surface area contributed by atoms with E-state index in [2.05, 4.69) is 42.2 Å². The molecule has 1 aromatic heterocycles. The van der Waals surface area contributed by atoms with Crippen LogP contribution in [0, 0.1) is 0 Å². The second kappa shape index (κ2) is 8.30. The zero-order chi connectivity index (χ0) is 18.4. The molecule has 0 fully saturated rings. The van der Waals surface area contributed by atoms with Crippen molar-refractivity contribution in [2.45, 2.75) is 25.6 Å². The molecule has 26 heavy (non-hydrogen) atoms. The highest BCUT2D eigenvalue weighted by molar-refractivity contribution is 5.82. The molecule has 0 bridgehead atoms. The zero-order valence-corrected chi connectivity index (χ0v) is 15.6. The standard InChI is InChI=1S/C22H25NO3/c1-4-22(25-3,16-24-2)20-12-21(14-23-13-20)26-15-17-9-10-18-7-5-6-8-19(18)11-17/h5-14H,4,15-16H2,1-3H3. The van der Waals surface area contributed by atoms with E-state index in [0.29, 0.717) is 13.2 Å². The van der Waals surface area contributed by atoms with Crippen molar-refractivity contribution in [2.24, 2.45) is 0 Å². The van der Waals surface area contributed by atoms with Gasteiger partial charge in [-0.1, -0.05) is 43.3 Å². The van der Waals surface area contributed by atoms with Gasteiger partial charge in [0, 0.05) is 26.0 Å². The van der Waals surface area contributed by atoms with Gasteiger partial charge in [-0.05, 0) is 34.9 Å². The Kier molecular flexibility index (Phi) is 5.86. The molecule has 3 aromatic rings. The Bertz CT molecular complexity index is 859. The fourth-order valence-electron chi connectivity index (χ4n) is 3.19. The smallest absolute Gasteiger partial charge is 0.138 e. The van der Waals surface area contributed by atoms with Gasteiger partial charge in [-0.2, -0.15) is 0 Å². The van der Waals surface area contributed by atoms with E-state index in [9.17, 15) is 0 Å². The third-order valence-corrected chi connectivity index (χ3v) is 4.80. The van der Waals surface area contributed by atoms with E-state index in [1.165, 1.54) is 10.8 Å². The number of hydrogen-bond donors (Lipinski definition) is 0. The van der Waals surface area contributed by atoms with Gasteiger partial charge < -0.3 is 14.2 Å². The summed E-state index contributed by atoms with van der Waals surface area (Å²) in [7, 11) is 3.38. The van der Waals surface area contributed by atoms with E-state index >= 15 is 0 Å². The molecule has 1 heterocycles. The van der Waals surface area contributed by atoms with Gasteiger partial charge in [-0.15, -0.1) is 0 Å². The fraction of sp³-hybridized carbons (Fsp3) is 0.318. The summed E-state index contributed by atoms with van der Waals surface area (Å²) in [6, 6.07) is 16.7. The number of fused-ring (bicyclic) bond motifs is 1. The monoisotopic (exact) mass is 351 g/mol. The number of methoxy groups -OCH3 is 2. The molecule has 4 nitrogen and oxygen atoms in total. The first-order valence-electron chi connectivity index (χ1n) is 8.81. The van der Waals surface area contributed by atoms with Crippen LogP contribution in [-0.2, 0) is 21.7 Å². The van der Waals surface area contributed by atoms with Gasteiger partial charge in [0.15, 0.2) is 0 Å². The Hall–Kier alpha value is -2.43. The van der Waals surface area contributed by atoms with Crippen LogP contribution in [0.4, 0.5) is 0 Å². The molecule has 0 saturated heterocycles. The maximum absolute atomic E-state index is 5.99. The minimum absolute atomic E-state index is 0.468. The molecule has 0 N–H and O–H groups in total. The summed E-state index contributed by atoms with van der Waals surface area (Å²) in [6.07, 6.45) is 4.33. The average Bonchev–Trinajstić information content (AvgIpc) is 2.70. The Labute approximate surface area is 154 Å². The van der Waals surface area contributed by atoms with Crippen molar-refractivity contribution < 1.29 is 14.2 Å². The SMILES string of the molecule is CCC(COC)(OC)c1cncc(OCc2ccc3ccccc3c2)c1. The lowest BCUT2D eigenvalue weighted by Crippen LogP contribution is -2.33. The van der Waals surface area contributed by atoms with Crippen molar-refractivity contribution in [1.29, 1.82) is 0 Å². The van der Waals surface area contributed by atoms with Crippen LogP contribution in [0.25, 0.3) is 10.8 Å². The van der Waals surface area contributed by atoms with Gasteiger partial charge in [0.1, 0.15) is 18.0 Å². The summed E-state index contributed by atoms with van der Waals surface area (Å²) in [5.41, 5.74) is 1.57. The van der Waals surface area contributed by atoms with Crippen LogP contribution in [0.3, 0.4) is 0 Å². The van der Waals surface area contributed by atoms with Crippen molar-refractivity contribution in [3.63, 3.8) is 0 Å². The van der Waals surface area contributed by atoms with E-state index in [1.54, 1.807) is 20.4 Å². The molecule has 2 aromatic carbocycles. The minimum Gasteiger partial charge on any atom is -0.487 e. The van der Waals surface area contributed by atoms with Gasteiger partial charge in [-0.3, -0.25) is 4.98 Å². The number of nitrogens with zero attached hydrogens (tertiary/aromatic N) is 1. The van der Waals surface area contributed by atoms with Crippen molar-refractivity contribution in [3.05, 3.63) is 72.1 Å². The number of rotatable bonds is 8. The lowest BCUT2D eigenvalue weighted by Gasteiger charge is -2.31. The molecule has 0 aliphatic heterocycles. The first kappa shape index (κ1) is 18.4. The molecule has 1 unspecified atom stereocenters. The minimum atomic E-state index is -0.510. The van der Waals surface area contributed by atoms with Crippen molar-refractivity contribution >= 4 is 10.8 Å². The Morgan fingerprint density at radius 1 is 0.962 bits per heavy atom. The second-order valence-corrected chi connectivity index (χ2v) is 6.36. The van der Waals surface area contributed by atoms with Crippen LogP contribution >= 0.6 is 0 Å². The van der Waals surface area contributed by atoms with Crippen molar-refractivity contribution in [3.8, 4) is 5.75 Å². The Morgan fingerprint density at radius 3 is 2.50 bits per heavy atom. The summed E-state index contributed by atoms with van der Waals surface area (Å²) < 4.78 is 17.1. The molecule has 4 heteroatoms. The van der Waals surface area contributed by atoms with E-state index in [0.717, 1.165) is 23.3 Å². The average molecular weight is 351 g/mol. The highest BCUT2D eigenvalue weighted by Crippen LogP contribution is 2.31. The Morgan fingerprint density at radius 2 is 1.77 bits per heavy atom. The normalized spacial score (nSPS) is 13.5. The van der Waals surface area contributed by atoms with E-state index < -0.39 is 5.60 Å². The van der Waals surface area contributed by atoms with E-state index in [1.807, 2.05) is 24.4 Å². The van der Waals surface area contributed by atoms with Crippen molar-refractivity contribution in [2.75, 3.05) is 20.8 Å². The largest absolute Gasteiger partial charge is 0.487 e. The first-order valence-corrected chi connectivity index (χ1v) is 8.81. The molecule has 0 spiro atoms. The molecular weight excluding hydrogens is 326 g/mol. The van der Waals surface area contributed by atoms with Gasteiger partial charge in [0.2, 0.25) is 0 Å².